The molecule has 168 valence electrons. The first-order chi connectivity index (χ1) is 16.2. The number of rotatable bonds is 6. The van der Waals surface area contributed by atoms with Crippen LogP contribution in [0.3, 0.4) is 0 Å². The Hall–Kier alpha value is -3.78. The summed E-state index contributed by atoms with van der Waals surface area (Å²) in [5, 5.41) is 4.00. The highest BCUT2D eigenvalue weighted by Gasteiger charge is 2.23. The molecule has 1 amide bonds. The molecule has 1 saturated heterocycles. The molecule has 1 aliphatic rings. The standard InChI is InChI=1S/C25H24FN5O2/c26-21-10-8-20(9-11-21)24-27-25(33-28-24)22-7-4-12-31(22)18-23(32)30-15-13-29(14-16-30)17-19-5-2-1-3-6-19/h1-12H,13-18H2. The molecule has 1 aliphatic heterocycles. The van der Waals surface area contributed by atoms with Crippen molar-refractivity contribution in [1.82, 2.24) is 24.5 Å². The molecular formula is C25H24FN5O2. The predicted octanol–water partition coefficient (Wildman–Crippen LogP) is 3.69. The fraction of sp³-hybridized carbons (Fsp3) is 0.240. The van der Waals surface area contributed by atoms with Gasteiger partial charge in [-0.15, -0.1) is 0 Å². The number of hydrogen-bond acceptors (Lipinski definition) is 5. The zero-order valence-corrected chi connectivity index (χ0v) is 18.1. The van der Waals surface area contributed by atoms with E-state index < -0.39 is 0 Å². The molecule has 3 heterocycles. The van der Waals surface area contributed by atoms with E-state index in [0.29, 0.717) is 36.1 Å². The molecule has 1 fully saturated rings. The van der Waals surface area contributed by atoms with Crippen molar-refractivity contribution in [2.75, 3.05) is 26.2 Å². The van der Waals surface area contributed by atoms with Gasteiger partial charge in [0.05, 0.1) is 0 Å². The lowest BCUT2D eigenvalue weighted by Gasteiger charge is -2.35. The summed E-state index contributed by atoms with van der Waals surface area (Å²) in [7, 11) is 0. The molecule has 0 atom stereocenters. The van der Waals surface area contributed by atoms with E-state index in [1.54, 1.807) is 12.1 Å². The van der Waals surface area contributed by atoms with Gasteiger partial charge in [0.2, 0.25) is 11.7 Å². The third-order valence-corrected chi connectivity index (χ3v) is 5.86. The van der Waals surface area contributed by atoms with E-state index in [-0.39, 0.29) is 18.3 Å². The van der Waals surface area contributed by atoms with Gasteiger partial charge in [-0.3, -0.25) is 9.69 Å². The van der Waals surface area contributed by atoms with Crippen LogP contribution in [0.2, 0.25) is 0 Å². The first-order valence-electron chi connectivity index (χ1n) is 10.9. The molecule has 0 radical (unpaired) electrons. The maximum Gasteiger partial charge on any atom is 0.274 e. The first-order valence-corrected chi connectivity index (χ1v) is 10.9. The lowest BCUT2D eigenvalue weighted by Crippen LogP contribution is -2.49. The normalized spacial score (nSPS) is 14.5. The summed E-state index contributed by atoms with van der Waals surface area (Å²) >= 11 is 0. The van der Waals surface area contributed by atoms with Crippen LogP contribution in [0, 0.1) is 5.82 Å². The van der Waals surface area contributed by atoms with Gasteiger partial charge in [-0.2, -0.15) is 4.98 Å². The number of piperazine rings is 1. The van der Waals surface area contributed by atoms with Crippen molar-refractivity contribution in [1.29, 1.82) is 0 Å². The summed E-state index contributed by atoms with van der Waals surface area (Å²) < 4.78 is 20.4. The minimum Gasteiger partial charge on any atom is -0.339 e. The molecule has 0 unspecified atom stereocenters. The third kappa shape index (κ3) is 4.85. The van der Waals surface area contributed by atoms with Gasteiger partial charge < -0.3 is 14.0 Å². The fourth-order valence-corrected chi connectivity index (χ4v) is 4.03. The topological polar surface area (TPSA) is 67.4 Å². The maximum atomic E-state index is 13.2. The largest absolute Gasteiger partial charge is 0.339 e. The number of carbonyl (C=O) groups excluding carboxylic acids is 1. The average Bonchev–Trinajstić information content (AvgIpc) is 3.50. The van der Waals surface area contributed by atoms with Crippen LogP contribution >= 0.6 is 0 Å². The van der Waals surface area contributed by atoms with Crippen molar-refractivity contribution in [3.05, 3.63) is 84.3 Å². The molecule has 4 aromatic rings. The Labute approximate surface area is 191 Å². The number of amides is 1. The van der Waals surface area contributed by atoms with Crippen molar-refractivity contribution >= 4 is 5.91 Å². The SMILES string of the molecule is O=C(Cn1cccc1-c1nc(-c2ccc(F)cc2)no1)N1CCN(Cc2ccccc2)CC1. The number of aromatic nitrogens is 3. The Morgan fingerprint density at radius 3 is 2.45 bits per heavy atom. The molecule has 8 heteroatoms. The minimum atomic E-state index is -0.323. The zero-order valence-electron chi connectivity index (χ0n) is 18.1. The Morgan fingerprint density at radius 2 is 1.70 bits per heavy atom. The van der Waals surface area contributed by atoms with E-state index in [9.17, 15) is 9.18 Å². The molecule has 5 rings (SSSR count). The van der Waals surface area contributed by atoms with E-state index in [4.69, 9.17) is 4.52 Å². The van der Waals surface area contributed by atoms with Gasteiger partial charge >= 0.3 is 0 Å². The summed E-state index contributed by atoms with van der Waals surface area (Å²) in [6.07, 6.45) is 1.83. The highest BCUT2D eigenvalue weighted by molar-refractivity contribution is 5.77. The molecule has 0 bridgehead atoms. The van der Waals surface area contributed by atoms with Crippen molar-refractivity contribution < 1.29 is 13.7 Å². The van der Waals surface area contributed by atoms with E-state index >= 15 is 0 Å². The average molecular weight is 445 g/mol. The number of benzene rings is 2. The summed E-state index contributed by atoms with van der Waals surface area (Å²) in [5.74, 6) is 0.430. The Balaban J connectivity index is 1.21. The first kappa shape index (κ1) is 21.1. The fourth-order valence-electron chi connectivity index (χ4n) is 4.03. The van der Waals surface area contributed by atoms with Crippen molar-refractivity contribution in [3.63, 3.8) is 0 Å². The van der Waals surface area contributed by atoms with Crippen LogP contribution in [0.1, 0.15) is 5.56 Å². The molecule has 0 N–H and O–H groups in total. The maximum absolute atomic E-state index is 13.2. The molecule has 33 heavy (non-hydrogen) atoms. The quantitative estimate of drug-likeness (QED) is 0.453. The smallest absolute Gasteiger partial charge is 0.274 e. The monoisotopic (exact) mass is 445 g/mol. The van der Waals surface area contributed by atoms with Gasteiger partial charge in [-0.05, 0) is 42.0 Å². The van der Waals surface area contributed by atoms with Crippen molar-refractivity contribution in [2.24, 2.45) is 0 Å². The minimum absolute atomic E-state index is 0.0603. The number of hydrogen-bond donors (Lipinski definition) is 0. The second kappa shape index (κ2) is 9.38. The van der Waals surface area contributed by atoms with Gasteiger partial charge in [-0.1, -0.05) is 35.5 Å². The lowest BCUT2D eigenvalue weighted by molar-refractivity contribution is -0.133. The number of nitrogens with zero attached hydrogens (tertiary/aromatic N) is 5. The van der Waals surface area contributed by atoms with Crippen LogP contribution in [0.5, 0.6) is 0 Å². The lowest BCUT2D eigenvalue weighted by atomic mass is 10.2. The second-order valence-corrected chi connectivity index (χ2v) is 8.09. The van der Waals surface area contributed by atoms with Gasteiger partial charge in [0.15, 0.2) is 0 Å². The Bertz CT molecular complexity index is 1210. The molecular weight excluding hydrogens is 421 g/mol. The van der Waals surface area contributed by atoms with Crippen LogP contribution in [0.4, 0.5) is 4.39 Å². The van der Waals surface area contributed by atoms with E-state index in [2.05, 4.69) is 39.3 Å². The van der Waals surface area contributed by atoms with Gasteiger partial charge in [0, 0.05) is 44.5 Å². The van der Waals surface area contributed by atoms with E-state index in [1.165, 1.54) is 17.7 Å². The van der Waals surface area contributed by atoms with Gasteiger partial charge in [0.1, 0.15) is 18.1 Å². The van der Waals surface area contributed by atoms with E-state index in [1.807, 2.05) is 33.9 Å². The molecule has 2 aromatic carbocycles. The Kier molecular flexibility index (Phi) is 5.99. The second-order valence-electron chi connectivity index (χ2n) is 8.09. The molecule has 7 nitrogen and oxygen atoms in total. The van der Waals surface area contributed by atoms with E-state index in [0.717, 1.165) is 19.6 Å². The summed E-state index contributed by atoms with van der Waals surface area (Å²) in [6, 6.07) is 20.0. The summed E-state index contributed by atoms with van der Waals surface area (Å²) in [5.41, 5.74) is 2.62. The molecule has 0 spiro atoms. The van der Waals surface area contributed by atoms with Crippen LogP contribution < -0.4 is 0 Å². The van der Waals surface area contributed by atoms with Crippen LogP contribution in [0.25, 0.3) is 23.0 Å². The predicted molar refractivity (Wildman–Crippen MR) is 121 cm³/mol. The van der Waals surface area contributed by atoms with Crippen LogP contribution in [-0.2, 0) is 17.9 Å². The third-order valence-electron chi connectivity index (χ3n) is 5.86. The van der Waals surface area contributed by atoms with Gasteiger partial charge in [0.25, 0.3) is 5.89 Å². The zero-order chi connectivity index (χ0) is 22.6. The summed E-state index contributed by atoms with van der Waals surface area (Å²) in [6.45, 7) is 4.22. The number of carbonyl (C=O) groups is 1. The highest BCUT2D eigenvalue weighted by atomic mass is 19.1. The van der Waals surface area contributed by atoms with Gasteiger partial charge in [-0.25, -0.2) is 4.39 Å². The highest BCUT2D eigenvalue weighted by Crippen LogP contribution is 2.23. The van der Waals surface area contributed by atoms with Crippen LogP contribution in [-0.4, -0.2) is 56.6 Å². The molecule has 0 saturated carbocycles. The molecule has 0 aliphatic carbocycles. The number of halogens is 1. The molecule has 2 aromatic heterocycles. The van der Waals surface area contributed by atoms with Crippen LogP contribution in [0.15, 0.2) is 77.4 Å². The Morgan fingerprint density at radius 1 is 0.939 bits per heavy atom. The summed E-state index contributed by atoms with van der Waals surface area (Å²) in [4.78, 5) is 21.7. The van der Waals surface area contributed by atoms with Crippen molar-refractivity contribution in [3.8, 4) is 23.0 Å². The van der Waals surface area contributed by atoms with Crippen molar-refractivity contribution in [2.45, 2.75) is 13.1 Å².